The molecule has 1 aliphatic rings. The number of hydrogen-bond acceptors (Lipinski definition) is 6. The van der Waals surface area contributed by atoms with Crippen molar-refractivity contribution in [3.05, 3.63) is 30.0 Å². The van der Waals surface area contributed by atoms with Gasteiger partial charge in [-0.25, -0.2) is 0 Å². The van der Waals surface area contributed by atoms with Crippen LogP contribution < -0.4 is 15.1 Å². The molecule has 140 valence electrons. The van der Waals surface area contributed by atoms with E-state index < -0.39 is 0 Å². The number of nitrogens with zero attached hydrogens (tertiary/aromatic N) is 5. The summed E-state index contributed by atoms with van der Waals surface area (Å²) < 4.78 is 0. The van der Waals surface area contributed by atoms with Gasteiger partial charge in [-0.1, -0.05) is 6.92 Å². The molecule has 1 saturated heterocycles. The molecule has 0 saturated carbocycles. The van der Waals surface area contributed by atoms with Crippen LogP contribution in [0.4, 0.5) is 23.1 Å². The maximum atomic E-state index is 4.69. The molecule has 0 bridgehead atoms. The standard InChI is InChI=1S/C20H30N6/c1-5-25(6-2)17-9-10-18(16(4)12-17)22-20-23-19(13-21-24-20)26-11-7-8-15(3)14-26/h9-10,12-13,15H,5-8,11,14H2,1-4H3,(H,22,23,24). The summed E-state index contributed by atoms with van der Waals surface area (Å²) >= 11 is 0. The molecule has 2 aromatic rings. The molecule has 3 rings (SSSR count). The van der Waals surface area contributed by atoms with Crippen LogP contribution in [-0.2, 0) is 0 Å². The van der Waals surface area contributed by atoms with Crippen LogP contribution in [0.2, 0.25) is 0 Å². The van der Waals surface area contributed by atoms with E-state index in [1.54, 1.807) is 6.20 Å². The Morgan fingerprint density at radius 2 is 2.08 bits per heavy atom. The van der Waals surface area contributed by atoms with Crippen molar-refractivity contribution in [2.45, 2.75) is 40.5 Å². The molecule has 1 aromatic heterocycles. The van der Waals surface area contributed by atoms with Gasteiger partial charge in [0.05, 0.1) is 6.20 Å². The van der Waals surface area contributed by atoms with Crippen LogP contribution in [0.5, 0.6) is 0 Å². The second-order valence-electron chi connectivity index (χ2n) is 7.13. The number of anilines is 4. The molecule has 26 heavy (non-hydrogen) atoms. The van der Waals surface area contributed by atoms with E-state index in [9.17, 15) is 0 Å². The lowest BCUT2D eigenvalue weighted by Gasteiger charge is -2.31. The zero-order valence-corrected chi connectivity index (χ0v) is 16.4. The Hall–Kier alpha value is -2.37. The molecular formula is C20H30N6. The third-order valence-corrected chi connectivity index (χ3v) is 5.11. The minimum atomic E-state index is 0.555. The molecule has 1 fully saturated rings. The van der Waals surface area contributed by atoms with Gasteiger partial charge in [0.1, 0.15) is 0 Å². The first kappa shape index (κ1) is 18.4. The van der Waals surface area contributed by atoms with Crippen molar-refractivity contribution >= 4 is 23.1 Å². The highest BCUT2D eigenvalue weighted by Gasteiger charge is 2.18. The first-order valence-electron chi connectivity index (χ1n) is 9.68. The third kappa shape index (κ3) is 4.23. The van der Waals surface area contributed by atoms with Crippen LogP contribution in [0.1, 0.15) is 39.2 Å². The van der Waals surface area contributed by atoms with Crippen molar-refractivity contribution in [2.24, 2.45) is 5.92 Å². The van der Waals surface area contributed by atoms with Gasteiger partial charge in [-0.2, -0.15) is 10.1 Å². The van der Waals surface area contributed by atoms with Crippen LogP contribution in [0.3, 0.4) is 0 Å². The molecule has 1 N–H and O–H groups in total. The number of nitrogens with one attached hydrogen (secondary N) is 1. The van der Waals surface area contributed by atoms with Crippen molar-refractivity contribution < 1.29 is 0 Å². The van der Waals surface area contributed by atoms with Crippen molar-refractivity contribution in [3.8, 4) is 0 Å². The first-order chi connectivity index (χ1) is 12.6. The maximum absolute atomic E-state index is 4.69. The second kappa shape index (κ2) is 8.34. The van der Waals surface area contributed by atoms with Gasteiger partial charge >= 0.3 is 0 Å². The van der Waals surface area contributed by atoms with E-state index in [2.05, 4.69) is 76.2 Å². The summed E-state index contributed by atoms with van der Waals surface area (Å²) in [6, 6.07) is 6.45. The number of aryl methyl sites for hydroxylation is 1. The Balaban J connectivity index is 1.76. The molecule has 1 aliphatic heterocycles. The fraction of sp³-hybridized carbons (Fsp3) is 0.550. The summed E-state index contributed by atoms with van der Waals surface area (Å²) in [5, 5.41) is 11.7. The lowest BCUT2D eigenvalue weighted by atomic mass is 10.0. The molecule has 2 heterocycles. The Labute approximate surface area is 156 Å². The predicted octanol–water partition coefficient (Wildman–Crippen LogP) is 4.01. The Morgan fingerprint density at radius 1 is 1.27 bits per heavy atom. The van der Waals surface area contributed by atoms with Crippen LogP contribution in [0.15, 0.2) is 24.4 Å². The van der Waals surface area contributed by atoms with Gasteiger partial charge in [-0.15, -0.1) is 5.10 Å². The molecular weight excluding hydrogens is 324 g/mol. The number of benzene rings is 1. The topological polar surface area (TPSA) is 57.2 Å². The van der Waals surface area contributed by atoms with Gasteiger partial charge in [-0.3, -0.25) is 0 Å². The van der Waals surface area contributed by atoms with Gasteiger partial charge in [-0.05, 0) is 63.3 Å². The molecule has 0 spiro atoms. The van der Waals surface area contributed by atoms with E-state index in [0.29, 0.717) is 11.9 Å². The summed E-state index contributed by atoms with van der Waals surface area (Å²) in [6.45, 7) is 12.8. The van der Waals surface area contributed by atoms with E-state index in [4.69, 9.17) is 0 Å². The molecule has 1 atom stereocenters. The zero-order valence-electron chi connectivity index (χ0n) is 16.4. The Bertz CT molecular complexity index is 728. The third-order valence-electron chi connectivity index (χ3n) is 5.11. The van der Waals surface area contributed by atoms with Crippen LogP contribution in [0, 0.1) is 12.8 Å². The van der Waals surface area contributed by atoms with E-state index in [-0.39, 0.29) is 0 Å². The van der Waals surface area contributed by atoms with Crippen molar-refractivity contribution in [2.75, 3.05) is 41.3 Å². The quantitative estimate of drug-likeness (QED) is 0.846. The highest BCUT2D eigenvalue weighted by Crippen LogP contribution is 2.26. The van der Waals surface area contributed by atoms with Crippen molar-refractivity contribution in [1.82, 2.24) is 15.2 Å². The van der Waals surface area contributed by atoms with E-state index in [1.165, 1.54) is 24.1 Å². The smallest absolute Gasteiger partial charge is 0.249 e. The predicted molar refractivity (Wildman–Crippen MR) is 108 cm³/mol. The Morgan fingerprint density at radius 3 is 2.77 bits per heavy atom. The average Bonchev–Trinajstić information content (AvgIpc) is 2.65. The molecule has 1 unspecified atom stereocenters. The lowest BCUT2D eigenvalue weighted by molar-refractivity contribution is 0.444. The first-order valence-corrected chi connectivity index (χ1v) is 9.68. The molecule has 0 aliphatic carbocycles. The lowest BCUT2D eigenvalue weighted by Crippen LogP contribution is -2.35. The van der Waals surface area contributed by atoms with Crippen LogP contribution in [-0.4, -0.2) is 41.4 Å². The Kier molecular flexibility index (Phi) is 5.91. The molecule has 0 radical (unpaired) electrons. The molecule has 6 nitrogen and oxygen atoms in total. The molecule has 1 aromatic carbocycles. The van der Waals surface area contributed by atoms with Gasteiger partial charge in [0.15, 0.2) is 5.82 Å². The fourth-order valence-corrected chi connectivity index (χ4v) is 3.59. The average molecular weight is 355 g/mol. The van der Waals surface area contributed by atoms with Crippen LogP contribution >= 0.6 is 0 Å². The van der Waals surface area contributed by atoms with Crippen molar-refractivity contribution in [3.63, 3.8) is 0 Å². The SMILES string of the molecule is CCN(CC)c1ccc(Nc2nncc(N3CCCC(C)C3)n2)c(C)c1. The van der Waals surface area contributed by atoms with E-state index >= 15 is 0 Å². The summed E-state index contributed by atoms with van der Waals surface area (Å²) in [4.78, 5) is 9.34. The summed E-state index contributed by atoms with van der Waals surface area (Å²) in [5.41, 5.74) is 3.44. The second-order valence-corrected chi connectivity index (χ2v) is 7.13. The summed E-state index contributed by atoms with van der Waals surface area (Å²) in [6.07, 6.45) is 4.26. The van der Waals surface area contributed by atoms with Gasteiger partial charge in [0.25, 0.3) is 0 Å². The fourth-order valence-electron chi connectivity index (χ4n) is 3.59. The number of hydrogen-bond donors (Lipinski definition) is 1. The van der Waals surface area contributed by atoms with Gasteiger partial charge in [0.2, 0.25) is 5.95 Å². The van der Waals surface area contributed by atoms with Gasteiger partial charge in [0, 0.05) is 37.6 Å². The van der Waals surface area contributed by atoms with Gasteiger partial charge < -0.3 is 15.1 Å². The minimum absolute atomic E-state index is 0.555. The maximum Gasteiger partial charge on any atom is 0.249 e. The molecule has 6 heteroatoms. The summed E-state index contributed by atoms with van der Waals surface area (Å²) in [7, 11) is 0. The van der Waals surface area contributed by atoms with Crippen LogP contribution in [0.25, 0.3) is 0 Å². The highest BCUT2D eigenvalue weighted by atomic mass is 15.3. The summed E-state index contributed by atoms with van der Waals surface area (Å²) in [5.74, 6) is 2.16. The van der Waals surface area contributed by atoms with E-state index in [1.807, 2.05) is 0 Å². The largest absolute Gasteiger partial charge is 0.372 e. The zero-order chi connectivity index (χ0) is 18.5. The highest BCUT2D eigenvalue weighted by molar-refractivity contribution is 5.64. The normalized spacial score (nSPS) is 17.2. The molecule has 0 amide bonds. The number of rotatable bonds is 6. The monoisotopic (exact) mass is 354 g/mol. The number of piperidine rings is 1. The number of aromatic nitrogens is 3. The minimum Gasteiger partial charge on any atom is -0.372 e. The van der Waals surface area contributed by atoms with E-state index in [0.717, 1.165) is 37.7 Å². The van der Waals surface area contributed by atoms with Crippen molar-refractivity contribution in [1.29, 1.82) is 0 Å².